The fraction of sp³-hybridized carbons (Fsp3) is 0.625. The van der Waals surface area contributed by atoms with Gasteiger partial charge in [0.05, 0.1) is 11.7 Å². The lowest BCUT2D eigenvalue weighted by Crippen LogP contribution is -2.36. The predicted octanol–water partition coefficient (Wildman–Crippen LogP) is 0.222. The van der Waals surface area contributed by atoms with Gasteiger partial charge in [-0.05, 0) is 39.7 Å². The second kappa shape index (κ2) is 7.17. The Morgan fingerprint density at radius 1 is 1.28 bits per heavy atom. The monoisotopic (exact) mass is 373 g/mol. The molecule has 1 aromatic rings. The van der Waals surface area contributed by atoms with Crippen LogP contribution < -0.4 is 5.11 Å². The van der Waals surface area contributed by atoms with Crippen LogP contribution in [0.15, 0.2) is 4.90 Å². The summed E-state index contributed by atoms with van der Waals surface area (Å²) < 4.78 is 33.1. The zero-order chi connectivity index (χ0) is 19.7. The summed E-state index contributed by atoms with van der Waals surface area (Å²) >= 11 is 0. The number of carbonyl (C=O) groups is 2. The van der Waals surface area contributed by atoms with Gasteiger partial charge < -0.3 is 19.2 Å². The SMILES string of the molecule is CCc1c(S(=O)(=O)N(C)CC(=O)OC(C)(C)C)c(C)n(C)c1C(=O)[O-]. The molecule has 0 bridgehead atoms. The standard InChI is InChI=1S/C16H26N2O6S/c1-8-11-13(15(20)21)18(7)10(2)14(11)25(22,23)17(6)9-12(19)24-16(3,4)5/h8-9H2,1-7H3,(H,20,21)/p-1. The summed E-state index contributed by atoms with van der Waals surface area (Å²) in [5.74, 6) is -2.14. The van der Waals surface area contributed by atoms with E-state index in [4.69, 9.17) is 4.74 Å². The Balaban J connectivity index is 3.33. The van der Waals surface area contributed by atoms with E-state index in [1.807, 2.05) is 0 Å². The van der Waals surface area contributed by atoms with Crippen molar-refractivity contribution in [3.05, 3.63) is 17.0 Å². The summed E-state index contributed by atoms with van der Waals surface area (Å²) in [5, 5.41) is 11.4. The van der Waals surface area contributed by atoms with Crippen molar-refractivity contribution in [1.82, 2.24) is 8.87 Å². The molecule has 0 aromatic carbocycles. The van der Waals surface area contributed by atoms with Gasteiger partial charge in [0.2, 0.25) is 10.0 Å². The summed E-state index contributed by atoms with van der Waals surface area (Å²) in [6.45, 7) is 7.75. The first-order chi connectivity index (χ1) is 11.2. The van der Waals surface area contributed by atoms with Crippen molar-refractivity contribution in [2.75, 3.05) is 13.6 Å². The number of hydrogen-bond donors (Lipinski definition) is 0. The minimum absolute atomic E-state index is 0.109. The fourth-order valence-electron chi connectivity index (χ4n) is 2.58. The number of nitrogens with zero attached hydrogens (tertiary/aromatic N) is 2. The van der Waals surface area contributed by atoms with Crippen LogP contribution in [0.2, 0.25) is 0 Å². The van der Waals surface area contributed by atoms with Gasteiger partial charge >= 0.3 is 5.97 Å². The van der Waals surface area contributed by atoms with E-state index in [0.717, 1.165) is 4.31 Å². The van der Waals surface area contributed by atoms with Gasteiger partial charge in [-0.2, -0.15) is 4.31 Å². The molecule has 0 unspecified atom stereocenters. The van der Waals surface area contributed by atoms with E-state index in [1.165, 1.54) is 25.6 Å². The van der Waals surface area contributed by atoms with Crippen molar-refractivity contribution >= 4 is 22.0 Å². The lowest BCUT2D eigenvalue weighted by molar-refractivity contribution is -0.255. The largest absolute Gasteiger partial charge is 0.543 e. The van der Waals surface area contributed by atoms with E-state index >= 15 is 0 Å². The van der Waals surface area contributed by atoms with E-state index in [1.54, 1.807) is 27.7 Å². The molecule has 1 rings (SSSR count). The number of aromatic nitrogens is 1. The van der Waals surface area contributed by atoms with Gasteiger partial charge in [-0.3, -0.25) is 4.79 Å². The molecule has 8 nitrogen and oxygen atoms in total. The highest BCUT2D eigenvalue weighted by atomic mass is 32.2. The van der Waals surface area contributed by atoms with Crippen LogP contribution in [0.5, 0.6) is 0 Å². The quantitative estimate of drug-likeness (QED) is 0.660. The van der Waals surface area contributed by atoms with E-state index in [2.05, 4.69) is 0 Å². The number of ether oxygens (including phenoxy) is 1. The van der Waals surface area contributed by atoms with Crippen LogP contribution in [0.1, 0.15) is 49.4 Å². The van der Waals surface area contributed by atoms with Crippen molar-refractivity contribution in [2.45, 2.75) is 51.5 Å². The minimum atomic E-state index is -4.08. The molecule has 25 heavy (non-hydrogen) atoms. The van der Waals surface area contributed by atoms with Crippen molar-refractivity contribution in [2.24, 2.45) is 7.05 Å². The third-order valence-corrected chi connectivity index (χ3v) is 5.72. The van der Waals surface area contributed by atoms with Crippen LogP contribution in [-0.2, 0) is 33.0 Å². The Kier molecular flexibility index (Phi) is 6.07. The molecule has 0 saturated heterocycles. The number of esters is 1. The molecule has 0 atom stereocenters. The number of carboxylic acids is 1. The summed E-state index contributed by atoms with van der Waals surface area (Å²) in [6, 6.07) is 0. The van der Waals surface area contributed by atoms with E-state index in [0.29, 0.717) is 0 Å². The molecule has 0 N–H and O–H groups in total. The zero-order valence-electron chi connectivity index (χ0n) is 15.7. The highest BCUT2D eigenvalue weighted by Gasteiger charge is 2.32. The highest BCUT2D eigenvalue weighted by molar-refractivity contribution is 7.89. The van der Waals surface area contributed by atoms with Crippen LogP contribution in [0.3, 0.4) is 0 Å². The van der Waals surface area contributed by atoms with E-state index in [-0.39, 0.29) is 28.3 Å². The highest BCUT2D eigenvalue weighted by Crippen LogP contribution is 2.29. The molecule has 0 spiro atoms. The van der Waals surface area contributed by atoms with Crippen molar-refractivity contribution in [3.8, 4) is 0 Å². The normalized spacial score (nSPS) is 12.5. The molecule has 0 radical (unpaired) electrons. The number of aromatic carboxylic acids is 1. The second-order valence-electron chi connectivity index (χ2n) is 6.79. The van der Waals surface area contributed by atoms with Crippen molar-refractivity contribution in [3.63, 3.8) is 0 Å². The first kappa shape index (κ1) is 21.2. The van der Waals surface area contributed by atoms with Gasteiger partial charge in [-0.25, -0.2) is 8.42 Å². The van der Waals surface area contributed by atoms with Gasteiger partial charge in [-0.1, -0.05) is 6.92 Å². The molecule has 9 heteroatoms. The Morgan fingerprint density at radius 2 is 1.80 bits per heavy atom. The number of carboxylic acid groups (broad SMARTS) is 1. The Bertz CT molecular complexity index is 787. The number of carbonyl (C=O) groups excluding carboxylic acids is 2. The van der Waals surface area contributed by atoms with Gasteiger partial charge in [0.1, 0.15) is 17.0 Å². The molecule has 0 aliphatic heterocycles. The van der Waals surface area contributed by atoms with Crippen LogP contribution in [0.25, 0.3) is 0 Å². The van der Waals surface area contributed by atoms with Crippen LogP contribution in [0, 0.1) is 6.92 Å². The lowest BCUT2D eigenvalue weighted by atomic mass is 10.2. The molecule has 142 valence electrons. The van der Waals surface area contributed by atoms with Crippen molar-refractivity contribution < 1.29 is 27.9 Å². The van der Waals surface area contributed by atoms with E-state index < -0.39 is 34.1 Å². The maximum Gasteiger partial charge on any atom is 0.321 e. The minimum Gasteiger partial charge on any atom is -0.543 e. The van der Waals surface area contributed by atoms with Crippen LogP contribution in [-0.4, -0.2) is 48.4 Å². The predicted molar refractivity (Wildman–Crippen MR) is 89.5 cm³/mol. The topological polar surface area (TPSA) is 109 Å². The number of hydrogen-bond acceptors (Lipinski definition) is 6. The maximum atomic E-state index is 12.9. The van der Waals surface area contributed by atoms with Gasteiger partial charge in [0.15, 0.2) is 0 Å². The number of rotatable bonds is 6. The average Bonchev–Trinajstić information content (AvgIpc) is 2.68. The van der Waals surface area contributed by atoms with Crippen molar-refractivity contribution in [1.29, 1.82) is 0 Å². The first-order valence-corrected chi connectivity index (χ1v) is 9.25. The zero-order valence-corrected chi connectivity index (χ0v) is 16.5. The third-order valence-electron chi connectivity index (χ3n) is 3.71. The third kappa shape index (κ3) is 4.40. The number of sulfonamides is 1. The summed E-state index contributed by atoms with van der Waals surface area (Å²) in [6.07, 6.45) is 0.194. The maximum absolute atomic E-state index is 12.9. The smallest absolute Gasteiger partial charge is 0.321 e. The van der Waals surface area contributed by atoms with Gasteiger partial charge in [0, 0.05) is 19.8 Å². The molecular weight excluding hydrogens is 348 g/mol. The molecule has 0 fully saturated rings. The van der Waals surface area contributed by atoms with Crippen LogP contribution >= 0.6 is 0 Å². The average molecular weight is 373 g/mol. The van der Waals surface area contributed by atoms with Gasteiger partial charge in [0.25, 0.3) is 0 Å². The molecule has 0 aliphatic carbocycles. The summed E-state index contributed by atoms with van der Waals surface area (Å²) in [7, 11) is -1.36. The van der Waals surface area contributed by atoms with Crippen LogP contribution in [0.4, 0.5) is 0 Å². The Labute approximate surface area is 148 Å². The molecular formula is C16H25N2O6S-. The Morgan fingerprint density at radius 3 is 2.20 bits per heavy atom. The first-order valence-electron chi connectivity index (χ1n) is 7.81. The Hall–Kier alpha value is -1.87. The lowest BCUT2D eigenvalue weighted by Gasteiger charge is -2.22. The van der Waals surface area contributed by atoms with Gasteiger partial charge in [-0.15, -0.1) is 0 Å². The molecule has 1 aromatic heterocycles. The molecule has 0 aliphatic rings. The number of likely N-dealkylation sites (N-methyl/N-ethyl adjacent to an activating group) is 1. The molecule has 0 amide bonds. The summed E-state index contributed by atoms with van der Waals surface area (Å²) in [4.78, 5) is 23.2. The summed E-state index contributed by atoms with van der Waals surface area (Å²) in [5.41, 5.74) is -0.478. The fourth-order valence-corrected chi connectivity index (χ4v) is 4.22. The molecule has 0 saturated carbocycles. The second-order valence-corrected chi connectivity index (χ2v) is 8.77. The van der Waals surface area contributed by atoms with E-state index in [9.17, 15) is 23.1 Å². The molecule has 1 heterocycles.